The van der Waals surface area contributed by atoms with Crippen LogP contribution in [0.25, 0.3) is 65.3 Å². The predicted molar refractivity (Wildman–Crippen MR) is 457 cm³/mol. The lowest BCUT2D eigenvalue weighted by Crippen LogP contribution is -1.99. The van der Waals surface area contributed by atoms with Crippen LogP contribution in [0.2, 0.25) is 0 Å². The summed E-state index contributed by atoms with van der Waals surface area (Å²) in [6.07, 6.45) is 55.2. The molecule has 2 aliphatic rings. The molecule has 0 spiro atoms. The molecule has 0 aliphatic carbocycles. The fourth-order valence-corrected chi connectivity index (χ4v) is 18.2. The Bertz CT molecular complexity index is 4330. The molecule has 11 rings (SSSR count). The summed E-state index contributed by atoms with van der Waals surface area (Å²) in [7, 11) is -9.43. The Morgan fingerprint density at radius 2 is 0.509 bits per heavy atom. The van der Waals surface area contributed by atoms with Gasteiger partial charge in [-0.2, -0.15) is 0 Å². The van der Waals surface area contributed by atoms with E-state index in [0.717, 1.165) is 94.5 Å². The average Bonchev–Trinajstić information content (AvgIpc) is 1.45. The third kappa shape index (κ3) is 23.9. The number of rotatable bonds is 44. The Balaban J connectivity index is 0.895. The Morgan fingerprint density at radius 3 is 0.787 bits per heavy atom. The van der Waals surface area contributed by atoms with Gasteiger partial charge in [0.15, 0.2) is 11.5 Å². The first-order chi connectivity index (χ1) is 52.9. The van der Waals surface area contributed by atoms with Gasteiger partial charge in [0.05, 0.1) is 11.1 Å². The van der Waals surface area contributed by atoms with Gasteiger partial charge in [0.25, 0.3) is 0 Å². The summed E-state index contributed by atoms with van der Waals surface area (Å²) >= 11 is 0. The SMILES string of the molecule is CCCCCCCCCCCCc1ccc2c3c(ccc2c1)OP(=O)(O)Oc1c(C#Cc2ccc(C#Cc4cc5cc(CCCCCCCCCCCC)ccc5c5c4OP(=O)(O)Oc4ccc6cc(CCCCCCCCCCCC)ccc6c4-5)cc2)cc2cc(CCCCCCCCCCCC)ccc2c1-3. The zero-order chi connectivity index (χ0) is 75.2. The van der Waals surface area contributed by atoms with Crippen molar-refractivity contribution in [3.05, 3.63) is 178 Å². The summed E-state index contributed by atoms with van der Waals surface area (Å²) in [6, 6.07) is 45.9. The van der Waals surface area contributed by atoms with Gasteiger partial charge in [0.2, 0.25) is 0 Å². The van der Waals surface area contributed by atoms with Crippen molar-refractivity contribution in [2.45, 2.75) is 310 Å². The van der Waals surface area contributed by atoms with E-state index in [1.807, 2.05) is 60.7 Å². The van der Waals surface area contributed by atoms with Crippen molar-refractivity contribution in [1.29, 1.82) is 0 Å². The van der Waals surface area contributed by atoms with E-state index in [4.69, 9.17) is 18.1 Å². The summed E-state index contributed by atoms with van der Waals surface area (Å²) < 4.78 is 53.1. The molecule has 0 saturated carbocycles. The zero-order valence-electron chi connectivity index (χ0n) is 66.1. The maximum atomic E-state index is 14.2. The molecule has 9 aromatic carbocycles. The van der Waals surface area contributed by atoms with Crippen LogP contribution < -0.4 is 18.1 Å². The third-order valence-corrected chi connectivity index (χ3v) is 24.3. The van der Waals surface area contributed by atoms with Gasteiger partial charge in [-0.3, -0.25) is 9.79 Å². The second kappa shape index (κ2) is 42.8. The van der Waals surface area contributed by atoms with Crippen molar-refractivity contribution in [2.24, 2.45) is 0 Å². The molecular formula is C98H124O8P2. The maximum absolute atomic E-state index is 14.2. The molecule has 108 heavy (non-hydrogen) atoms. The molecule has 574 valence electrons. The minimum Gasteiger partial charge on any atom is -0.395 e. The lowest BCUT2D eigenvalue weighted by atomic mass is 9.88. The normalized spacial score (nSPS) is 15.0. The van der Waals surface area contributed by atoms with Crippen molar-refractivity contribution in [2.75, 3.05) is 0 Å². The van der Waals surface area contributed by atoms with E-state index in [-0.39, 0.29) is 11.5 Å². The van der Waals surface area contributed by atoms with E-state index in [1.54, 1.807) is 0 Å². The third-order valence-electron chi connectivity index (χ3n) is 22.6. The number of aryl methyl sites for hydroxylation is 4. The van der Waals surface area contributed by atoms with Crippen LogP contribution in [-0.2, 0) is 34.8 Å². The number of unbranched alkanes of at least 4 members (excludes halogenated alkanes) is 36. The fraction of sp³-hybridized carbons (Fsp3) is 0.490. The molecule has 0 amide bonds. The van der Waals surface area contributed by atoms with E-state index in [9.17, 15) is 18.9 Å². The lowest BCUT2D eigenvalue weighted by molar-refractivity contribution is 0.292. The summed E-state index contributed by atoms with van der Waals surface area (Å²) in [6.45, 7) is 9.10. The van der Waals surface area contributed by atoms with Gasteiger partial charge < -0.3 is 18.1 Å². The van der Waals surface area contributed by atoms with Gasteiger partial charge in [-0.1, -0.05) is 367 Å². The predicted octanol–water partition coefficient (Wildman–Crippen LogP) is 30.0. The Hall–Kier alpha value is -7.28. The average molecular weight is 1490 g/mol. The number of fused-ring (bicyclic) bond motifs is 14. The molecule has 0 saturated heterocycles. The molecular weight excluding hydrogens is 1370 g/mol. The van der Waals surface area contributed by atoms with Gasteiger partial charge >= 0.3 is 15.6 Å². The van der Waals surface area contributed by atoms with Crippen LogP contribution in [0.1, 0.15) is 329 Å². The number of hydrogen-bond donors (Lipinski definition) is 2. The number of benzene rings is 9. The van der Waals surface area contributed by atoms with Crippen molar-refractivity contribution >= 4 is 58.7 Å². The van der Waals surface area contributed by atoms with Gasteiger partial charge in [-0.25, -0.2) is 9.13 Å². The first-order valence-electron chi connectivity index (χ1n) is 42.8. The van der Waals surface area contributed by atoms with E-state index < -0.39 is 15.6 Å². The van der Waals surface area contributed by atoms with Crippen LogP contribution in [0, 0.1) is 23.7 Å². The maximum Gasteiger partial charge on any atom is 0.584 e. The quantitative estimate of drug-likeness (QED) is 0.0221. The Morgan fingerprint density at radius 1 is 0.259 bits per heavy atom. The van der Waals surface area contributed by atoms with Crippen LogP contribution >= 0.6 is 15.6 Å². The molecule has 0 radical (unpaired) electrons. The summed E-state index contributed by atoms with van der Waals surface area (Å²) in [5.74, 6) is 14.7. The topological polar surface area (TPSA) is 112 Å². The minimum absolute atomic E-state index is 0.215. The van der Waals surface area contributed by atoms with Crippen LogP contribution in [0.5, 0.6) is 23.0 Å². The van der Waals surface area contributed by atoms with Crippen molar-refractivity contribution in [3.8, 4) is 68.9 Å². The molecule has 2 atom stereocenters. The van der Waals surface area contributed by atoms with Crippen LogP contribution in [-0.4, -0.2) is 9.79 Å². The summed E-state index contributed by atoms with van der Waals surface area (Å²) in [4.78, 5) is 23.2. The van der Waals surface area contributed by atoms with Crippen LogP contribution in [0.3, 0.4) is 0 Å². The van der Waals surface area contributed by atoms with Crippen LogP contribution in [0.15, 0.2) is 133 Å². The van der Waals surface area contributed by atoms with E-state index in [2.05, 4.69) is 124 Å². The molecule has 8 nitrogen and oxygen atoms in total. The molecule has 0 bridgehead atoms. The minimum atomic E-state index is -4.71. The van der Waals surface area contributed by atoms with E-state index in [1.165, 1.54) is 253 Å². The molecule has 0 fully saturated rings. The van der Waals surface area contributed by atoms with Gasteiger partial charge in [-0.15, -0.1) is 0 Å². The second-order valence-corrected chi connectivity index (χ2v) is 34.1. The monoisotopic (exact) mass is 1490 g/mol. The molecule has 10 heteroatoms. The smallest absolute Gasteiger partial charge is 0.395 e. The van der Waals surface area contributed by atoms with Crippen molar-refractivity contribution in [1.82, 2.24) is 0 Å². The standard InChI is InChI=1S/C98H124O8P2/c1-5-9-13-17-21-25-29-33-37-41-45-77-55-63-87-81(69-77)61-67-91-93(87)95-89-65-57-79(47-43-39-35-31-27-23-19-15-11-7-3)71-85(89)73-83(97(95)105-107(99,100)103-91)59-53-75-49-51-76(52-50-75)54-60-84-74-86-72-80(48-44-40-36-32-28-24-20-16-12-8-4)58-66-90(86)96-94-88-64-56-78(46-42-38-34-30-26-22-18-14-10-6-2)70-82(88)62-68-92(94)104-108(101,102)106-98(84)96/h49-52,55-58,61-74H,5-48H2,1-4H3,(H,99,100)(H,101,102). The first kappa shape index (κ1) is 81.7. The number of hydrogen-bond acceptors (Lipinski definition) is 6. The summed E-state index contributed by atoms with van der Waals surface area (Å²) in [5.41, 5.74) is 10.2. The van der Waals surface area contributed by atoms with Gasteiger partial charge in [-0.05, 0) is 165 Å². The molecule has 2 aliphatic heterocycles. The molecule has 2 N–H and O–H groups in total. The highest BCUT2D eigenvalue weighted by Gasteiger charge is 2.38. The first-order valence-corrected chi connectivity index (χ1v) is 45.8. The van der Waals surface area contributed by atoms with Crippen molar-refractivity contribution < 1.29 is 37.0 Å². The van der Waals surface area contributed by atoms with E-state index in [0.29, 0.717) is 56.0 Å². The number of phosphoric acid groups is 2. The van der Waals surface area contributed by atoms with E-state index >= 15 is 0 Å². The second-order valence-electron chi connectivity index (χ2n) is 31.5. The highest BCUT2D eigenvalue weighted by atomic mass is 31.2. The summed E-state index contributed by atoms with van der Waals surface area (Å²) in [5, 5.41) is 7.63. The Kier molecular flexibility index (Phi) is 32.4. The molecule has 0 aromatic heterocycles. The zero-order valence-corrected chi connectivity index (χ0v) is 67.8. The van der Waals surface area contributed by atoms with Crippen molar-refractivity contribution in [3.63, 3.8) is 0 Å². The van der Waals surface area contributed by atoms with Crippen LogP contribution in [0.4, 0.5) is 0 Å². The number of phosphoric ester groups is 2. The molecule has 9 aromatic rings. The van der Waals surface area contributed by atoms with Gasteiger partial charge in [0.1, 0.15) is 11.5 Å². The highest BCUT2D eigenvalue weighted by molar-refractivity contribution is 7.48. The molecule has 2 heterocycles. The van der Waals surface area contributed by atoms with Gasteiger partial charge in [0, 0.05) is 33.4 Å². The highest BCUT2D eigenvalue weighted by Crippen LogP contribution is 2.60. The largest absolute Gasteiger partial charge is 0.584 e. The fourth-order valence-electron chi connectivity index (χ4n) is 16.5. The lowest BCUT2D eigenvalue weighted by Gasteiger charge is -2.16. The Labute approximate surface area is 648 Å². The molecule has 2 unspecified atom stereocenters.